The molecular weight excluding hydrogens is 398 g/mol. The van der Waals surface area contributed by atoms with Crippen LogP contribution in [0.3, 0.4) is 0 Å². The van der Waals surface area contributed by atoms with Gasteiger partial charge in [-0.1, -0.05) is 6.42 Å². The normalized spacial score (nSPS) is 19.9. The van der Waals surface area contributed by atoms with Crippen LogP contribution in [0.4, 0.5) is 25.8 Å². The molecule has 0 aliphatic carbocycles. The summed E-state index contributed by atoms with van der Waals surface area (Å²) in [5.41, 5.74) is 2.32. The number of amides is 1. The average molecular weight is 427 g/mol. The number of nitrogens with one attached hydrogen (secondary N) is 3. The summed E-state index contributed by atoms with van der Waals surface area (Å²) < 4.78 is 28.0. The molecule has 0 spiro atoms. The molecule has 4 rings (SSSR count). The zero-order valence-corrected chi connectivity index (χ0v) is 17.7. The SMILES string of the molecule is CC1CCCCN1CCCNc1ccc(N/C=C2\C(=O)Nc3ccc(F)cc32)cc1F. The number of carbonyl (C=O) groups is 1. The molecule has 2 aromatic rings. The van der Waals surface area contributed by atoms with Crippen molar-refractivity contribution in [1.82, 2.24) is 4.90 Å². The molecule has 2 aromatic carbocycles. The summed E-state index contributed by atoms with van der Waals surface area (Å²) in [6.07, 6.45) is 6.27. The Hall–Kier alpha value is -2.93. The van der Waals surface area contributed by atoms with Crippen LogP contribution in [0.1, 0.15) is 38.2 Å². The van der Waals surface area contributed by atoms with Crippen LogP contribution in [0.2, 0.25) is 0 Å². The molecule has 2 heterocycles. The number of carbonyl (C=O) groups excluding carboxylic acids is 1. The van der Waals surface area contributed by atoms with E-state index in [2.05, 4.69) is 27.8 Å². The van der Waals surface area contributed by atoms with Crippen molar-refractivity contribution < 1.29 is 13.6 Å². The summed E-state index contributed by atoms with van der Waals surface area (Å²) in [6.45, 7) is 5.16. The molecule has 164 valence electrons. The van der Waals surface area contributed by atoms with Gasteiger partial charge in [0.25, 0.3) is 5.91 Å². The van der Waals surface area contributed by atoms with Crippen molar-refractivity contribution in [2.75, 3.05) is 35.6 Å². The minimum Gasteiger partial charge on any atom is -0.383 e. The summed E-state index contributed by atoms with van der Waals surface area (Å²) >= 11 is 0. The zero-order valence-electron chi connectivity index (χ0n) is 17.7. The molecule has 2 aliphatic rings. The van der Waals surface area contributed by atoms with Gasteiger partial charge in [-0.15, -0.1) is 0 Å². The van der Waals surface area contributed by atoms with Crippen LogP contribution in [0.25, 0.3) is 5.57 Å². The van der Waals surface area contributed by atoms with Crippen LogP contribution in [0, 0.1) is 11.6 Å². The van der Waals surface area contributed by atoms with E-state index in [1.165, 1.54) is 49.7 Å². The van der Waals surface area contributed by atoms with Crippen LogP contribution in [-0.4, -0.2) is 36.5 Å². The van der Waals surface area contributed by atoms with Crippen LogP contribution in [0.5, 0.6) is 0 Å². The molecule has 1 amide bonds. The molecule has 1 unspecified atom stereocenters. The van der Waals surface area contributed by atoms with Gasteiger partial charge in [-0.3, -0.25) is 4.79 Å². The summed E-state index contributed by atoms with van der Waals surface area (Å²) in [4.78, 5) is 14.6. The zero-order chi connectivity index (χ0) is 21.8. The third-order valence-corrected chi connectivity index (χ3v) is 5.99. The van der Waals surface area contributed by atoms with Gasteiger partial charge in [-0.05, 0) is 69.1 Å². The number of hydrogen-bond donors (Lipinski definition) is 3. The number of piperidine rings is 1. The third kappa shape index (κ3) is 5.05. The smallest absolute Gasteiger partial charge is 0.257 e. The van der Waals surface area contributed by atoms with Gasteiger partial charge in [-0.2, -0.15) is 0 Å². The molecule has 0 radical (unpaired) electrons. The predicted molar refractivity (Wildman–Crippen MR) is 121 cm³/mol. The van der Waals surface area contributed by atoms with E-state index in [1.54, 1.807) is 12.1 Å². The number of halogens is 2. The van der Waals surface area contributed by atoms with E-state index in [1.807, 2.05) is 0 Å². The molecule has 5 nitrogen and oxygen atoms in total. The first kappa shape index (κ1) is 21.3. The second-order valence-electron chi connectivity index (χ2n) is 8.20. The maximum Gasteiger partial charge on any atom is 0.257 e. The van der Waals surface area contributed by atoms with Gasteiger partial charge in [0.15, 0.2) is 0 Å². The fourth-order valence-corrected chi connectivity index (χ4v) is 4.20. The Balaban J connectivity index is 1.32. The van der Waals surface area contributed by atoms with Crippen LogP contribution in [0.15, 0.2) is 42.6 Å². The highest BCUT2D eigenvalue weighted by Crippen LogP contribution is 2.32. The minimum absolute atomic E-state index is 0.309. The van der Waals surface area contributed by atoms with E-state index in [0.29, 0.717) is 40.8 Å². The Morgan fingerprint density at radius 1 is 1.19 bits per heavy atom. The molecule has 31 heavy (non-hydrogen) atoms. The number of likely N-dealkylation sites (tertiary alicyclic amines) is 1. The molecule has 0 bridgehead atoms. The molecule has 2 aliphatic heterocycles. The van der Waals surface area contributed by atoms with E-state index in [-0.39, 0.29) is 11.7 Å². The summed E-state index contributed by atoms with van der Waals surface area (Å²) in [6, 6.07) is 9.57. The Morgan fingerprint density at radius 2 is 2.06 bits per heavy atom. The molecule has 0 saturated carbocycles. The monoisotopic (exact) mass is 426 g/mol. The maximum atomic E-state index is 14.5. The Labute approximate surface area is 181 Å². The number of nitrogens with zero attached hydrogens (tertiary/aromatic N) is 1. The number of fused-ring (bicyclic) bond motifs is 1. The number of anilines is 3. The minimum atomic E-state index is -0.419. The lowest BCUT2D eigenvalue weighted by Crippen LogP contribution is -2.38. The Bertz CT molecular complexity index is 992. The molecule has 3 N–H and O–H groups in total. The Morgan fingerprint density at radius 3 is 2.87 bits per heavy atom. The first-order valence-corrected chi connectivity index (χ1v) is 10.9. The van der Waals surface area contributed by atoms with E-state index in [9.17, 15) is 13.6 Å². The second-order valence-corrected chi connectivity index (χ2v) is 8.20. The van der Waals surface area contributed by atoms with Gasteiger partial charge in [0.05, 0.1) is 11.3 Å². The fraction of sp³-hybridized carbons (Fsp3) is 0.375. The van der Waals surface area contributed by atoms with Crippen molar-refractivity contribution in [2.24, 2.45) is 0 Å². The fourth-order valence-electron chi connectivity index (χ4n) is 4.20. The number of hydrogen-bond acceptors (Lipinski definition) is 4. The molecule has 1 fully saturated rings. The lowest BCUT2D eigenvalue weighted by Gasteiger charge is -2.33. The van der Waals surface area contributed by atoms with Crippen molar-refractivity contribution in [3.8, 4) is 0 Å². The van der Waals surface area contributed by atoms with E-state index in [4.69, 9.17) is 0 Å². The highest BCUT2D eigenvalue weighted by molar-refractivity contribution is 6.31. The second kappa shape index (κ2) is 9.47. The standard InChI is InChI=1S/C24H28F2N4O/c1-16-5-2-3-11-30(16)12-4-10-27-23-9-7-18(14-21(23)26)28-15-20-19-13-17(25)6-8-22(19)29-24(20)31/h6-9,13-16,27-28H,2-5,10-12H2,1H3,(H,29,31)/b20-15-. The van der Waals surface area contributed by atoms with Gasteiger partial charge in [0.2, 0.25) is 0 Å². The van der Waals surface area contributed by atoms with Gasteiger partial charge in [0.1, 0.15) is 11.6 Å². The maximum absolute atomic E-state index is 14.5. The number of benzene rings is 2. The molecular formula is C24H28F2N4O. The Kier molecular flexibility index (Phi) is 6.51. The topological polar surface area (TPSA) is 56.4 Å². The van der Waals surface area contributed by atoms with E-state index < -0.39 is 5.82 Å². The highest BCUT2D eigenvalue weighted by Gasteiger charge is 2.24. The van der Waals surface area contributed by atoms with Crippen molar-refractivity contribution in [1.29, 1.82) is 0 Å². The third-order valence-electron chi connectivity index (χ3n) is 5.99. The van der Waals surface area contributed by atoms with Crippen molar-refractivity contribution in [3.05, 3.63) is 59.8 Å². The summed E-state index contributed by atoms with van der Waals surface area (Å²) in [7, 11) is 0. The predicted octanol–water partition coefficient (Wildman–Crippen LogP) is 5.05. The van der Waals surface area contributed by atoms with Crippen molar-refractivity contribution in [3.63, 3.8) is 0 Å². The van der Waals surface area contributed by atoms with Gasteiger partial charge < -0.3 is 20.9 Å². The van der Waals surface area contributed by atoms with Gasteiger partial charge >= 0.3 is 0 Å². The van der Waals surface area contributed by atoms with E-state index >= 15 is 0 Å². The highest BCUT2D eigenvalue weighted by atomic mass is 19.1. The van der Waals surface area contributed by atoms with Gasteiger partial charge in [0, 0.05) is 42.3 Å². The molecule has 0 aromatic heterocycles. The molecule has 7 heteroatoms. The van der Waals surface area contributed by atoms with Crippen LogP contribution in [-0.2, 0) is 4.79 Å². The van der Waals surface area contributed by atoms with Crippen molar-refractivity contribution in [2.45, 2.75) is 38.6 Å². The average Bonchev–Trinajstić information content (AvgIpc) is 3.06. The van der Waals surface area contributed by atoms with Crippen molar-refractivity contribution >= 4 is 28.5 Å². The van der Waals surface area contributed by atoms with Crippen LogP contribution < -0.4 is 16.0 Å². The largest absolute Gasteiger partial charge is 0.383 e. The summed E-state index contributed by atoms with van der Waals surface area (Å²) in [5.74, 6) is -1.11. The number of rotatable bonds is 7. The quantitative estimate of drug-likeness (QED) is 0.429. The first-order valence-electron chi connectivity index (χ1n) is 10.9. The lowest BCUT2D eigenvalue weighted by molar-refractivity contribution is -0.110. The molecule has 1 atom stereocenters. The molecule has 1 saturated heterocycles. The summed E-state index contributed by atoms with van der Waals surface area (Å²) in [5, 5.41) is 8.79. The van der Waals surface area contributed by atoms with Gasteiger partial charge in [-0.25, -0.2) is 8.78 Å². The lowest BCUT2D eigenvalue weighted by atomic mass is 10.0. The first-order chi connectivity index (χ1) is 15.0. The van der Waals surface area contributed by atoms with E-state index in [0.717, 1.165) is 19.5 Å². The van der Waals surface area contributed by atoms with Crippen LogP contribution >= 0.6 is 0 Å².